The van der Waals surface area contributed by atoms with E-state index >= 15 is 0 Å². The van der Waals surface area contributed by atoms with Gasteiger partial charge in [0.25, 0.3) is 0 Å². The fraction of sp³-hybridized carbons (Fsp3) is 0.385. The third kappa shape index (κ3) is 4.69. The molecule has 0 atom stereocenters. The van der Waals surface area contributed by atoms with Gasteiger partial charge in [0.15, 0.2) is 5.69 Å². The fourth-order valence-corrected chi connectivity index (χ4v) is 5.35. The van der Waals surface area contributed by atoms with Gasteiger partial charge in [-0.25, -0.2) is 4.79 Å². The normalized spacial score (nSPS) is 14.6. The van der Waals surface area contributed by atoms with E-state index in [2.05, 4.69) is 33.0 Å². The van der Waals surface area contributed by atoms with E-state index in [4.69, 9.17) is 9.84 Å². The van der Waals surface area contributed by atoms with Crippen LogP contribution in [0.3, 0.4) is 0 Å². The number of ether oxygens (including phenoxy) is 1. The first-order valence-corrected chi connectivity index (χ1v) is 12.5. The highest BCUT2D eigenvalue weighted by Crippen LogP contribution is 2.36. The molecule has 1 fully saturated rings. The highest BCUT2D eigenvalue weighted by Gasteiger charge is 2.30. The summed E-state index contributed by atoms with van der Waals surface area (Å²) in [6.45, 7) is 2.73. The summed E-state index contributed by atoms with van der Waals surface area (Å²) in [5.74, 6) is 0.0815. The van der Waals surface area contributed by atoms with Crippen molar-refractivity contribution in [2.45, 2.75) is 57.9 Å². The topological polar surface area (TPSA) is 69.9 Å². The maximum atomic E-state index is 13.2. The van der Waals surface area contributed by atoms with Crippen molar-refractivity contribution in [3.8, 4) is 0 Å². The minimum Gasteiger partial charge on any atom is -0.461 e. The van der Waals surface area contributed by atoms with Gasteiger partial charge in [-0.1, -0.05) is 55.7 Å². The number of carbonyl (C=O) groups is 1. The van der Waals surface area contributed by atoms with Crippen molar-refractivity contribution in [2.75, 3.05) is 6.61 Å². The fourth-order valence-electron chi connectivity index (χ4n) is 4.84. The van der Waals surface area contributed by atoms with Crippen molar-refractivity contribution in [1.82, 2.24) is 18.5 Å². The van der Waals surface area contributed by atoms with Gasteiger partial charge in [0.2, 0.25) is 0 Å². The molecule has 2 aromatic carbocycles. The summed E-state index contributed by atoms with van der Waals surface area (Å²) in [6, 6.07) is 16.3. The molecule has 6 nitrogen and oxygen atoms in total. The monoisotopic (exact) mass is 460 g/mol. The maximum Gasteiger partial charge on any atom is 0.356 e. The summed E-state index contributed by atoms with van der Waals surface area (Å²) in [5, 5.41) is 5.07. The van der Waals surface area contributed by atoms with Crippen LogP contribution in [0.5, 0.6) is 0 Å². The SMILES string of the molecule is CCOC(=O)c1c(Cc2ccc3nsnc3c2)c(C2CCCCC2)nn1Cc1ccccc1. The summed E-state index contributed by atoms with van der Waals surface area (Å²) in [7, 11) is 0. The molecule has 1 aliphatic rings. The molecule has 170 valence electrons. The molecule has 1 aliphatic carbocycles. The van der Waals surface area contributed by atoms with Crippen LogP contribution >= 0.6 is 11.7 Å². The second-order valence-corrected chi connectivity index (χ2v) is 9.20. The molecule has 0 bridgehead atoms. The number of rotatable bonds is 7. The van der Waals surface area contributed by atoms with Crippen LogP contribution in [-0.4, -0.2) is 31.1 Å². The lowest BCUT2D eigenvalue weighted by atomic mass is 9.84. The third-order valence-corrected chi connectivity index (χ3v) is 6.97. The maximum absolute atomic E-state index is 13.2. The van der Waals surface area contributed by atoms with Gasteiger partial charge in [0, 0.05) is 17.9 Å². The standard InChI is InChI=1S/C26H28N4O2S/c1-2-32-26(31)25-21(15-19-13-14-22-23(16-19)29-33-28-22)24(20-11-7-4-8-12-20)27-30(25)17-18-9-5-3-6-10-18/h3,5-6,9-10,13-14,16,20H,2,4,7-8,11-12,15,17H2,1H3. The van der Waals surface area contributed by atoms with Crippen LogP contribution < -0.4 is 0 Å². The van der Waals surface area contributed by atoms with Gasteiger partial charge in [-0.05, 0) is 43.0 Å². The molecule has 33 heavy (non-hydrogen) atoms. The third-order valence-electron chi connectivity index (χ3n) is 6.42. The van der Waals surface area contributed by atoms with E-state index in [1.165, 1.54) is 31.0 Å². The van der Waals surface area contributed by atoms with Crippen LogP contribution in [-0.2, 0) is 17.7 Å². The highest BCUT2D eigenvalue weighted by molar-refractivity contribution is 7.00. The van der Waals surface area contributed by atoms with Crippen molar-refractivity contribution < 1.29 is 9.53 Å². The van der Waals surface area contributed by atoms with E-state index in [-0.39, 0.29) is 5.97 Å². The van der Waals surface area contributed by atoms with Gasteiger partial charge < -0.3 is 4.74 Å². The molecule has 2 aromatic heterocycles. The number of benzene rings is 2. The summed E-state index contributed by atoms with van der Waals surface area (Å²) in [4.78, 5) is 13.2. The van der Waals surface area contributed by atoms with E-state index < -0.39 is 0 Å². The minimum atomic E-state index is -0.297. The predicted molar refractivity (Wildman–Crippen MR) is 130 cm³/mol. The zero-order valence-electron chi connectivity index (χ0n) is 18.9. The molecule has 2 heterocycles. The number of hydrogen-bond donors (Lipinski definition) is 0. The average Bonchev–Trinajstić information content (AvgIpc) is 3.45. The molecule has 0 saturated heterocycles. The first-order valence-electron chi connectivity index (χ1n) is 11.7. The minimum absolute atomic E-state index is 0.297. The van der Waals surface area contributed by atoms with Crippen LogP contribution in [0.1, 0.15) is 77.8 Å². The van der Waals surface area contributed by atoms with Crippen molar-refractivity contribution in [3.63, 3.8) is 0 Å². The number of aromatic nitrogens is 4. The molecule has 5 rings (SSSR count). The zero-order valence-corrected chi connectivity index (χ0v) is 19.7. The first-order chi connectivity index (χ1) is 16.2. The number of esters is 1. The smallest absolute Gasteiger partial charge is 0.356 e. The largest absolute Gasteiger partial charge is 0.461 e. The molecular weight excluding hydrogens is 432 g/mol. The molecule has 0 unspecified atom stereocenters. The summed E-state index contributed by atoms with van der Waals surface area (Å²) >= 11 is 1.22. The quantitative estimate of drug-likeness (QED) is 0.328. The molecule has 1 saturated carbocycles. The van der Waals surface area contributed by atoms with Crippen LogP contribution in [0.25, 0.3) is 11.0 Å². The molecule has 4 aromatic rings. The summed E-state index contributed by atoms with van der Waals surface area (Å²) < 4.78 is 16.1. The number of nitrogens with zero attached hydrogens (tertiary/aromatic N) is 4. The molecule has 0 N–H and O–H groups in total. The molecule has 7 heteroatoms. The van der Waals surface area contributed by atoms with Crippen LogP contribution in [0.15, 0.2) is 48.5 Å². The predicted octanol–water partition coefficient (Wildman–Crippen LogP) is 5.75. The lowest BCUT2D eigenvalue weighted by molar-refractivity contribution is 0.0511. The van der Waals surface area contributed by atoms with Crippen molar-refractivity contribution >= 4 is 28.7 Å². The Morgan fingerprint density at radius 2 is 1.82 bits per heavy atom. The van der Waals surface area contributed by atoms with Gasteiger partial charge in [-0.15, -0.1) is 0 Å². The molecular formula is C26H28N4O2S. The van der Waals surface area contributed by atoms with E-state index in [0.717, 1.165) is 46.3 Å². The molecule has 0 radical (unpaired) electrons. The van der Waals surface area contributed by atoms with Gasteiger partial charge in [0.1, 0.15) is 11.0 Å². The number of hydrogen-bond acceptors (Lipinski definition) is 6. The lowest BCUT2D eigenvalue weighted by Gasteiger charge is -2.21. The second-order valence-electron chi connectivity index (χ2n) is 8.68. The Balaban J connectivity index is 1.61. The zero-order chi connectivity index (χ0) is 22.6. The highest BCUT2D eigenvalue weighted by atomic mass is 32.1. The van der Waals surface area contributed by atoms with Gasteiger partial charge in [-0.3, -0.25) is 4.68 Å². The van der Waals surface area contributed by atoms with Gasteiger partial charge in [0.05, 0.1) is 30.6 Å². The van der Waals surface area contributed by atoms with E-state index in [1.54, 1.807) is 0 Å². The Kier molecular flexibility index (Phi) is 6.48. The van der Waals surface area contributed by atoms with E-state index in [9.17, 15) is 4.79 Å². The van der Waals surface area contributed by atoms with Crippen molar-refractivity contribution in [1.29, 1.82) is 0 Å². The lowest BCUT2D eigenvalue weighted by Crippen LogP contribution is -2.16. The van der Waals surface area contributed by atoms with Crippen LogP contribution in [0, 0.1) is 0 Å². The van der Waals surface area contributed by atoms with Gasteiger partial charge in [-0.2, -0.15) is 13.8 Å². The average molecular weight is 461 g/mol. The second kappa shape index (κ2) is 9.83. The Hall–Kier alpha value is -3.06. The number of carbonyl (C=O) groups excluding carboxylic acids is 1. The van der Waals surface area contributed by atoms with Crippen molar-refractivity contribution in [3.05, 3.63) is 76.6 Å². The Labute approximate surface area is 197 Å². The van der Waals surface area contributed by atoms with E-state index in [0.29, 0.717) is 31.2 Å². The molecule has 0 spiro atoms. The Morgan fingerprint density at radius 1 is 1.03 bits per heavy atom. The summed E-state index contributed by atoms with van der Waals surface area (Å²) in [6.07, 6.45) is 6.55. The van der Waals surface area contributed by atoms with E-state index in [1.807, 2.05) is 35.9 Å². The number of fused-ring (bicyclic) bond motifs is 1. The van der Waals surface area contributed by atoms with Gasteiger partial charge >= 0.3 is 5.97 Å². The summed E-state index contributed by atoms with van der Waals surface area (Å²) in [5.41, 5.74) is 6.66. The van der Waals surface area contributed by atoms with Crippen LogP contribution in [0.2, 0.25) is 0 Å². The van der Waals surface area contributed by atoms with Crippen LogP contribution in [0.4, 0.5) is 0 Å². The Morgan fingerprint density at radius 3 is 2.61 bits per heavy atom. The molecule has 0 aliphatic heterocycles. The first kappa shape index (κ1) is 21.8. The Bertz CT molecular complexity index is 1240. The van der Waals surface area contributed by atoms with Crippen molar-refractivity contribution in [2.24, 2.45) is 0 Å². The molecule has 0 amide bonds.